The maximum Gasteiger partial charge on any atom is 0.420 e. The molecule has 0 fully saturated rings. The zero-order valence-electron chi connectivity index (χ0n) is 17.3. The first-order chi connectivity index (χ1) is 14.8. The van der Waals surface area contributed by atoms with Crippen LogP contribution in [0.15, 0.2) is 99.6 Å². The number of benzene rings is 3. The normalized spacial score (nSPS) is 13.7. The average molecular weight is 450 g/mol. The fourth-order valence-electron chi connectivity index (χ4n) is 2.83. The standard InChI is InChI=1S/C24H24F3O3S/c1-23(24(25,26)27,30-18-28-2)17-29-19-10-9-15-22(16-19)31(20-11-5-3-6-12-20)21-13-7-4-8-14-21/h3-16H,17-18H2,1-2H3/q+1. The summed E-state index contributed by atoms with van der Waals surface area (Å²) in [5.41, 5.74) is -2.49. The highest BCUT2D eigenvalue weighted by atomic mass is 32.2. The molecular weight excluding hydrogens is 425 g/mol. The van der Waals surface area contributed by atoms with Crippen molar-refractivity contribution in [3.8, 4) is 5.75 Å². The van der Waals surface area contributed by atoms with E-state index in [1.165, 1.54) is 7.11 Å². The zero-order chi connectivity index (χ0) is 22.3. The summed E-state index contributed by atoms with van der Waals surface area (Å²) in [4.78, 5) is 3.16. The second-order valence-corrected chi connectivity index (χ2v) is 9.00. The summed E-state index contributed by atoms with van der Waals surface area (Å²) in [7, 11) is 0.848. The van der Waals surface area contributed by atoms with Crippen LogP contribution in [0.4, 0.5) is 13.2 Å². The minimum Gasteiger partial charge on any atom is -0.490 e. The average Bonchev–Trinajstić information content (AvgIpc) is 2.77. The fourth-order valence-corrected chi connectivity index (χ4v) is 4.95. The van der Waals surface area contributed by atoms with Crippen LogP contribution in [0.3, 0.4) is 0 Å². The molecule has 3 rings (SSSR count). The van der Waals surface area contributed by atoms with Gasteiger partial charge in [0.25, 0.3) is 0 Å². The molecular formula is C24H24F3O3S+. The highest BCUT2D eigenvalue weighted by Crippen LogP contribution is 2.36. The SMILES string of the molecule is COCOC(C)(COc1cccc([S+](c2ccccc2)c2ccccc2)c1)C(F)(F)F. The molecule has 0 bridgehead atoms. The van der Waals surface area contributed by atoms with Crippen LogP contribution >= 0.6 is 0 Å². The monoisotopic (exact) mass is 449 g/mol. The molecule has 0 radical (unpaired) electrons. The van der Waals surface area contributed by atoms with Gasteiger partial charge in [-0.1, -0.05) is 42.5 Å². The van der Waals surface area contributed by atoms with Crippen molar-refractivity contribution in [1.29, 1.82) is 0 Å². The highest BCUT2D eigenvalue weighted by Gasteiger charge is 2.53. The third kappa shape index (κ3) is 5.81. The van der Waals surface area contributed by atoms with Gasteiger partial charge in [0.2, 0.25) is 0 Å². The Labute approximate surface area is 183 Å². The molecule has 1 unspecified atom stereocenters. The molecule has 3 aromatic rings. The quantitative estimate of drug-likeness (QED) is 0.292. The smallest absolute Gasteiger partial charge is 0.420 e. The molecule has 0 aliphatic heterocycles. The zero-order valence-corrected chi connectivity index (χ0v) is 18.1. The molecule has 0 aliphatic rings. The molecule has 0 amide bonds. The lowest BCUT2D eigenvalue weighted by atomic mass is 10.1. The van der Waals surface area contributed by atoms with Crippen LogP contribution in [0.5, 0.6) is 5.75 Å². The van der Waals surface area contributed by atoms with Gasteiger partial charge in [0.05, 0.1) is 10.9 Å². The topological polar surface area (TPSA) is 27.7 Å². The van der Waals surface area contributed by atoms with Crippen LogP contribution < -0.4 is 4.74 Å². The summed E-state index contributed by atoms with van der Waals surface area (Å²) in [6.07, 6.45) is -4.61. The van der Waals surface area contributed by atoms with Crippen LogP contribution in [0.25, 0.3) is 0 Å². The second-order valence-electron chi connectivity index (χ2n) is 6.98. The van der Waals surface area contributed by atoms with E-state index in [9.17, 15) is 13.2 Å². The predicted octanol–water partition coefficient (Wildman–Crippen LogP) is 6.10. The van der Waals surface area contributed by atoms with E-state index in [4.69, 9.17) is 9.47 Å². The third-order valence-electron chi connectivity index (χ3n) is 4.61. The van der Waals surface area contributed by atoms with Crippen molar-refractivity contribution in [2.45, 2.75) is 33.4 Å². The van der Waals surface area contributed by atoms with Gasteiger partial charge in [0, 0.05) is 13.2 Å². The number of hydrogen-bond donors (Lipinski definition) is 0. The third-order valence-corrected chi connectivity index (χ3v) is 6.82. The molecule has 0 aromatic heterocycles. The number of methoxy groups -OCH3 is 1. The van der Waals surface area contributed by atoms with Gasteiger partial charge in [-0.15, -0.1) is 0 Å². The second kappa shape index (κ2) is 10.2. The summed E-state index contributed by atoms with van der Waals surface area (Å²) in [6, 6.07) is 27.2. The first-order valence-electron chi connectivity index (χ1n) is 9.61. The van der Waals surface area contributed by atoms with Crippen LogP contribution in [-0.4, -0.2) is 32.3 Å². The van der Waals surface area contributed by atoms with Crippen molar-refractivity contribution in [3.05, 3.63) is 84.9 Å². The van der Waals surface area contributed by atoms with E-state index in [0.717, 1.165) is 21.6 Å². The van der Waals surface area contributed by atoms with E-state index < -0.39 is 36.1 Å². The van der Waals surface area contributed by atoms with Gasteiger partial charge in [-0.25, -0.2) is 0 Å². The summed E-state index contributed by atoms with van der Waals surface area (Å²) < 4.78 is 55.7. The Morgan fingerprint density at radius 1 is 0.774 bits per heavy atom. The molecule has 0 heterocycles. The molecule has 0 N–H and O–H groups in total. The van der Waals surface area contributed by atoms with Crippen LogP contribution in [0.1, 0.15) is 6.92 Å². The van der Waals surface area contributed by atoms with Gasteiger partial charge < -0.3 is 14.2 Å². The van der Waals surface area contributed by atoms with Gasteiger partial charge in [0.15, 0.2) is 20.3 Å². The molecule has 0 saturated carbocycles. The van der Waals surface area contributed by atoms with E-state index in [-0.39, 0.29) is 0 Å². The van der Waals surface area contributed by atoms with E-state index >= 15 is 0 Å². The van der Waals surface area contributed by atoms with Crippen molar-refractivity contribution in [1.82, 2.24) is 0 Å². The lowest BCUT2D eigenvalue weighted by molar-refractivity contribution is -0.296. The Kier molecular flexibility index (Phi) is 7.64. The maximum absolute atomic E-state index is 13.5. The Morgan fingerprint density at radius 3 is 1.84 bits per heavy atom. The number of alkyl halides is 3. The van der Waals surface area contributed by atoms with E-state index in [2.05, 4.69) is 4.74 Å². The number of hydrogen-bond acceptors (Lipinski definition) is 3. The number of halogens is 3. The molecule has 0 saturated heterocycles. The lowest BCUT2D eigenvalue weighted by Gasteiger charge is -2.31. The van der Waals surface area contributed by atoms with Crippen LogP contribution in [0, 0.1) is 0 Å². The molecule has 164 valence electrons. The fraction of sp³-hybridized carbons (Fsp3) is 0.250. The first-order valence-corrected chi connectivity index (χ1v) is 10.8. The minimum atomic E-state index is -4.61. The molecule has 7 heteroatoms. The molecule has 3 nitrogen and oxygen atoms in total. The van der Waals surface area contributed by atoms with Gasteiger partial charge in [-0.05, 0) is 43.3 Å². The highest BCUT2D eigenvalue weighted by molar-refractivity contribution is 7.97. The summed E-state index contributed by atoms with van der Waals surface area (Å²) in [5.74, 6) is 0.346. The number of rotatable bonds is 9. The molecule has 0 spiro atoms. The van der Waals surface area contributed by atoms with E-state index in [0.29, 0.717) is 5.75 Å². The van der Waals surface area contributed by atoms with Gasteiger partial charge in [-0.3, -0.25) is 0 Å². The van der Waals surface area contributed by atoms with Crippen molar-refractivity contribution >= 4 is 10.9 Å². The van der Waals surface area contributed by atoms with Crippen molar-refractivity contribution < 1.29 is 27.4 Å². The maximum atomic E-state index is 13.5. The summed E-state index contributed by atoms with van der Waals surface area (Å²) in [6.45, 7) is -0.215. The van der Waals surface area contributed by atoms with Crippen molar-refractivity contribution in [2.24, 2.45) is 0 Å². The Morgan fingerprint density at radius 2 is 1.32 bits per heavy atom. The Bertz CT molecular complexity index is 912. The van der Waals surface area contributed by atoms with Crippen molar-refractivity contribution in [2.75, 3.05) is 20.5 Å². The Balaban J connectivity index is 1.88. The van der Waals surface area contributed by atoms with Crippen molar-refractivity contribution in [3.63, 3.8) is 0 Å². The molecule has 3 aromatic carbocycles. The molecule has 31 heavy (non-hydrogen) atoms. The van der Waals surface area contributed by atoms with E-state index in [1.807, 2.05) is 66.7 Å². The molecule has 1 atom stereocenters. The predicted molar refractivity (Wildman–Crippen MR) is 114 cm³/mol. The van der Waals surface area contributed by atoms with Gasteiger partial charge in [0.1, 0.15) is 19.1 Å². The lowest BCUT2D eigenvalue weighted by Crippen LogP contribution is -2.50. The van der Waals surface area contributed by atoms with E-state index in [1.54, 1.807) is 18.2 Å². The summed E-state index contributed by atoms with van der Waals surface area (Å²) >= 11 is 0. The summed E-state index contributed by atoms with van der Waals surface area (Å²) in [5, 5.41) is 0. The number of ether oxygens (including phenoxy) is 3. The largest absolute Gasteiger partial charge is 0.490 e. The molecule has 0 aliphatic carbocycles. The van der Waals surface area contributed by atoms with Gasteiger partial charge >= 0.3 is 6.18 Å². The first kappa shape index (κ1) is 23.2. The minimum absolute atomic E-state index is 0.346. The van der Waals surface area contributed by atoms with Crippen LogP contribution in [0.2, 0.25) is 0 Å². The van der Waals surface area contributed by atoms with Crippen LogP contribution in [-0.2, 0) is 20.4 Å². The van der Waals surface area contributed by atoms with Gasteiger partial charge in [-0.2, -0.15) is 13.2 Å². The Hall–Kier alpha value is -2.48.